The van der Waals surface area contributed by atoms with Crippen molar-refractivity contribution in [1.29, 1.82) is 0 Å². The third-order valence-electron chi connectivity index (χ3n) is 14.1. The van der Waals surface area contributed by atoms with Crippen LogP contribution >= 0.6 is 23.0 Å². The molecule has 5 heterocycles. The largest absolute Gasteiger partial charge is 0.479 e. The number of nitrogens with one attached hydrogen (secondary N) is 1. The summed E-state index contributed by atoms with van der Waals surface area (Å²) < 4.78 is 129. The number of amides is 1. The number of imidazole rings is 1. The molecule has 2 aromatic carbocycles. The van der Waals surface area contributed by atoms with Gasteiger partial charge in [-0.3, -0.25) is 32.1 Å². The van der Waals surface area contributed by atoms with Crippen LogP contribution in [-0.4, -0.2) is 144 Å². The second kappa shape index (κ2) is 24.7. The molecule has 3 unspecified atom stereocenters. The van der Waals surface area contributed by atoms with Crippen LogP contribution in [-0.2, 0) is 67.7 Å². The van der Waals surface area contributed by atoms with Gasteiger partial charge in [0.1, 0.15) is 36.7 Å². The Hall–Kier alpha value is -4.64. The van der Waals surface area contributed by atoms with E-state index in [4.69, 9.17) is 19.5 Å². The van der Waals surface area contributed by atoms with Gasteiger partial charge in [0.15, 0.2) is 29.3 Å². The number of allylic oxidation sites excluding steroid dienone is 4. The van der Waals surface area contributed by atoms with E-state index in [-0.39, 0.29) is 52.1 Å². The minimum absolute atomic E-state index is 0.0344. The second-order valence-corrected chi connectivity index (χ2v) is 29.2. The molecule has 7 rings (SSSR count). The topological polar surface area (TPSA) is 403 Å². The highest BCUT2D eigenvalue weighted by atomic mass is 32.2. The number of hydrogen-bond donors (Lipinski definition) is 9. The molecule has 0 radical (unpaired) electrons. The lowest BCUT2D eigenvalue weighted by Crippen LogP contribution is -2.33. The number of ether oxygens (including phenoxy) is 1. The summed E-state index contributed by atoms with van der Waals surface area (Å²) >= 11 is 0. The van der Waals surface area contributed by atoms with Crippen molar-refractivity contribution in [2.24, 2.45) is 0 Å². The summed E-state index contributed by atoms with van der Waals surface area (Å²) in [5, 5.41) is 24.0. The lowest BCUT2D eigenvalue weighted by atomic mass is 9.81. The Morgan fingerprint density at radius 1 is 0.850 bits per heavy atom. The smallest absolute Gasteiger partial charge is 0.387 e. The molecule has 10 N–H and O–H groups in total. The molecule has 27 nitrogen and oxygen atoms in total. The number of aliphatic hydroxyl groups is 2. The molecule has 3 aliphatic rings. The van der Waals surface area contributed by atoms with Crippen LogP contribution in [0, 0.1) is 0 Å². The summed E-state index contributed by atoms with van der Waals surface area (Å²) in [6, 6.07) is 9.06. The molecule has 32 heteroatoms. The summed E-state index contributed by atoms with van der Waals surface area (Å²) in [5.41, 5.74) is 9.55. The summed E-state index contributed by atoms with van der Waals surface area (Å²) in [6.45, 7) is 10.1. The number of hydrogen-bond acceptors (Lipinski definition) is 19. The van der Waals surface area contributed by atoms with Crippen molar-refractivity contribution in [2.45, 2.75) is 131 Å². The average molecular weight is 1220 g/mol. The SMILES string of the molecule is CCN1C(=CC=CC2=[N+](CCCCCC(=O)NCCCCCCOP(=O)(O)CP(=O)(O)OP(=O)(O)OC[C@H]3O[C@@H](n4cnc5c(N)ncnc54)[C@H](O)[C@@H]3O)c3ccc(S(=O)(=O)O)cc3C2(C)C)C(C)(C)c2cc(S(=O)(=O)O)ccc21. The summed E-state index contributed by atoms with van der Waals surface area (Å²) in [6.07, 6.45) is 6.19. The van der Waals surface area contributed by atoms with E-state index in [0.717, 1.165) is 34.7 Å². The Labute approximate surface area is 462 Å². The van der Waals surface area contributed by atoms with Gasteiger partial charge in [0, 0.05) is 60.4 Å². The van der Waals surface area contributed by atoms with Gasteiger partial charge in [-0.2, -0.15) is 21.4 Å². The molecule has 4 aromatic rings. The fraction of sp³-hybridized carbons (Fsp3) is 0.521. The Morgan fingerprint density at radius 2 is 1.51 bits per heavy atom. The Kier molecular flexibility index (Phi) is 19.4. The van der Waals surface area contributed by atoms with Gasteiger partial charge in [-0.25, -0.2) is 23.8 Å². The van der Waals surface area contributed by atoms with Gasteiger partial charge in [-0.15, -0.1) is 0 Å². The molecule has 0 spiro atoms. The number of benzene rings is 2. The predicted molar refractivity (Wildman–Crippen MR) is 292 cm³/mol. The van der Waals surface area contributed by atoms with Gasteiger partial charge < -0.3 is 50.1 Å². The number of fused-ring (bicyclic) bond motifs is 3. The lowest BCUT2D eigenvalue weighted by molar-refractivity contribution is -0.438. The zero-order valence-electron chi connectivity index (χ0n) is 44.5. The molecular weight excluding hydrogens is 1150 g/mol. The fourth-order valence-electron chi connectivity index (χ4n) is 10.1. The number of phosphoric acid groups is 1. The maximum absolute atomic E-state index is 12.7. The number of unbranched alkanes of at least 4 members (excludes halogenated alkanes) is 5. The van der Waals surface area contributed by atoms with Gasteiger partial charge in [-0.05, 0) is 88.4 Å². The van der Waals surface area contributed by atoms with Crippen LogP contribution in [0.15, 0.2) is 82.8 Å². The molecule has 3 aliphatic heterocycles. The van der Waals surface area contributed by atoms with Crippen molar-refractivity contribution in [1.82, 2.24) is 24.8 Å². The van der Waals surface area contributed by atoms with Crippen LogP contribution in [0.4, 0.5) is 17.2 Å². The normalized spacial score (nSPS) is 22.6. The van der Waals surface area contributed by atoms with Gasteiger partial charge >= 0.3 is 23.0 Å². The molecule has 1 amide bonds. The average Bonchev–Trinajstić information content (AvgIpc) is 4.24. The first kappa shape index (κ1) is 63.0. The molecule has 0 bridgehead atoms. The Morgan fingerprint density at radius 3 is 2.20 bits per heavy atom. The summed E-state index contributed by atoms with van der Waals surface area (Å²) in [4.78, 5) is 56.9. The van der Waals surface area contributed by atoms with Crippen LogP contribution in [0.3, 0.4) is 0 Å². The molecule has 0 saturated carbocycles. The van der Waals surface area contributed by atoms with Crippen molar-refractivity contribution in [3.8, 4) is 0 Å². The highest BCUT2D eigenvalue weighted by Gasteiger charge is 2.48. The van der Waals surface area contributed by atoms with Crippen LogP contribution in [0.5, 0.6) is 0 Å². The molecule has 7 atom stereocenters. The third-order valence-corrected chi connectivity index (χ3v) is 21.6. The number of phosphoric ester groups is 1. The van der Waals surface area contributed by atoms with Gasteiger partial charge in [0.2, 0.25) is 11.6 Å². The van der Waals surface area contributed by atoms with E-state index in [2.05, 4.69) is 34.1 Å². The number of likely N-dealkylation sites (N-methyl/N-ethyl adjacent to an activating group) is 1. The standard InChI is InChI=1S/C48H67N8O19P3S2/c1-6-54-35-20-18-31(79(66,67)68)25-33(35)47(2,3)38(54)15-14-16-39-48(4,5)34-26-32(80(69,70)71)19-21-36(34)55(39)23-12-9-10-17-40(57)50-22-11-7-8-13-24-72-76(60,61)30-77(62,63)75-78(64,65)73-27-37-42(58)43(59)46(74-37)56-29-53-41-44(49)51-28-52-45(41)56/h14-16,18-21,25-26,28-29,37,42-43,46,58-59H,6-13,17,22-24,27,30H2,1-5H3,(H7-,49,50,51,52,57,60,61,62,63,64,65,66,67,68,69,70,71)/p+1/t37-,42-,43-,46-/m1/s1. The molecule has 440 valence electrons. The second-order valence-electron chi connectivity index (χ2n) is 20.5. The van der Waals surface area contributed by atoms with Crippen LogP contribution in [0.2, 0.25) is 0 Å². The third kappa shape index (κ3) is 14.6. The van der Waals surface area contributed by atoms with Crippen LogP contribution in [0.1, 0.15) is 103 Å². The van der Waals surface area contributed by atoms with E-state index in [1.807, 2.05) is 52.8 Å². The number of aromatic nitrogens is 4. The maximum atomic E-state index is 12.7. The van der Waals surface area contributed by atoms with E-state index in [1.165, 1.54) is 35.2 Å². The molecule has 0 aliphatic carbocycles. The zero-order chi connectivity index (χ0) is 58.8. The highest BCUT2D eigenvalue weighted by Crippen LogP contribution is 2.66. The van der Waals surface area contributed by atoms with E-state index in [0.29, 0.717) is 63.7 Å². The Bertz CT molecular complexity index is 3460. The van der Waals surface area contributed by atoms with Crippen molar-refractivity contribution < 1.29 is 92.0 Å². The van der Waals surface area contributed by atoms with E-state index in [1.54, 1.807) is 12.1 Å². The quantitative estimate of drug-likeness (QED) is 0.0152. The van der Waals surface area contributed by atoms with Gasteiger partial charge in [0.25, 0.3) is 20.2 Å². The van der Waals surface area contributed by atoms with Crippen LogP contribution in [0.25, 0.3) is 11.2 Å². The molecule has 1 saturated heterocycles. The van der Waals surface area contributed by atoms with Crippen molar-refractivity contribution in [2.75, 3.05) is 49.4 Å². The van der Waals surface area contributed by atoms with E-state index in [9.17, 15) is 69.3 Å². The molecular formula is C48H68N8O19P3S2+. The predicted octanol–water partition coefficient (Wildman–Crippen LogP) is 5.57. The first-order valence-electron chi connectivity index (χ1n) is 25.5. The molecule has 80 heavy (non-hydrogen) atoms. The first-order valence-corrected chi connectivity index (χ1v) is 33.4. The number of carbonyl (C=O) groups is 1. The van der Waals surface area contributed by atoms with Gasteiger partial charge in [-0.1, -0.05) is 32.8 Å². The first-order chi connectivity index (χ1) is 37.3. The van der Waals surface area contributed by atoms with E-state index >= 15 is 0 Å². The molecule has 2 aromatic heterocycles. The number of nitrogens with zero attached hydrogens (tertiary/aromatic N) is 6. The minimum Gasteiger partial charge on any atom is -0.387 e. The van der Waals surface area contributed by atoms with Crippen LogP contribution < -0.4 is 16.0 Å². The highest BCUT2D eigenvalue weighted by molar-refractivity contribution is 7.86. The Balaban J connectivity index is 0.822. The summed E-state index contributed by atoms with van der Waals surface area (Å²) in [5.74, 6) is -1.67. The number of aliphatic hydroxyl groups excluding tert-OH is 2. The lowest BCUT2D eigenvalue weighted by Gasteiger charge is -2.25. The number of carbonyl (C=O) groups excluding carboxylic acids is 1. The van der Waals surface area contributed by atoms with Gasteiger partial charge in [0.05, 0.1) is 34.7 Å². The van der Waals surface area contributed by atoms with Crippen molar-refractivity contribution in [3.05, 3.63) is 84.1 Å². The monoisotopic (exact) mass is 1220 g/mol. The number of nitrogens with two attached hydrogens (primary N) is 1. The zero-order valence-corrected chi connectivity index (χ0v) is 48.8. The maximum Gasteiger partial charge on any atom is 0.479 e. The van der Waals surface area contributed by atoms with Crippen molar-refractivity contribution >= 4 is 83.2 Å². The fourth-order valence-corrected chi connectivity index (χ4v) is 16.1. The number of nitrogen functional groups attached to an aromatic ring is 1. The minimum atomic E-state index is -5.44. The number of rotatable bonds is 27. The summed E-state index contributed by atoms with van der Waals surface area (Å²) in [7, 11) is -24.5. The van der Waals surface area contributed by atoms with E-state index < -0.39 is 91.1 Å². The molecule has 1 fully saturated rings. The number of anilines is 2. The van der Waals surface area contributed by atoms with Crippen molar-refractivity contribution in [3.63, 3.8) is 0 Å².